The highest BCUT2D eigenvalue weighted by Gasteiger charge is 2.20. The number of nitrogens with one attached hydrogen (secondary N) is 2. The van der Waals surface area contributed by atoms with Crippen molar-refractivity contribution in [2.45, 2.75) is 19.4 Å². The molecule has 19 heavy (non-hydrogen) atoms. The maximum atomic E-state index is 11.9. The van der Waals surface area contributed by atoms with Gasteiger partial charge in [-0.25, -0.2) is 9.78 Å². The summed E-state index contributed by atoms with van der Waals surface area (Å²) in [6.45, 7) is 2.15. The molecule has 0 unspecified atom stereocenters. The molecular weight excluding hydrogens is 246 g/mol. The predicted octanol–water partition coefficient (Wildman–Crippen LogP) is 0.396. The van der Waals surface area contributed by atoms with Gasteiger partial charge in [-0.2, -0.15) is 0 Å². The number of nitrogens with zero attached hydrogens (tertiary/aromatic N) is 1. The number of aromatic nitrogens is 1. The van der Waals surface area contributed by atoms with Crippen molar-refractivity contribution in [2.75, 3.05) is 13.1 Å². The number of carboxylic acids is 1. The van der Waals surface area contributed by atoms with Gasteiger partial charge in [-0.15, -0.1) is 0 Å². The Kier molecular flexibility index (Phi) is 4.46. The van der Waals surface area contributed by atoms with Crippen LogP contribution in [0.1, 0.15) is 28.9 Å². The summed E-state index contributed by atoms with van der Waals surface area (Å²) < 4.78 is 0. The van der Waals surface area contributed by atoms with Crippen molar-refractivity contribution in [1.29, 1.82) is 0 Å². The van der Waals surface area contributed by atoms with Gasteiger partial charge in [0.25, 0.3) is 0 Å². The van der Waals surface area contributed by atoms with Crippen LogP contribution in [0.3, 0.4) is 0 Å². The topological polar surface area (TPSA) is 91.3 Å². The zero-order valence-electron chi connectivity index (χ0n) is 10.6. The fourth-order valence-electron chi connectivity index (χ4n) is 2.07. The minimum atomic E-state index is -1.05. The normalized spacial score (nSPS) is 16.0. The van der Waals surface area contributed by atoms with Crippen LogP contribution in [0.5, 0.6) is 0 Å². The van der Waals surface area contributed by atoms with Crippen LogP contribution < -0.4 is 10.6 Å². The van der Waals surface area contributed by atoms with E-state index in [0.717, 1.165) is 31.5 Å². The van der Waals surface area contributed by atoms with Crippen molar-refractivity contribution < 1.29 is 14.7 Å². The largest absolute Gasteiger partial charge is 0.477 e. The van der Waals surface area contributed by atoms with Crippen LogP contribution in [0.25, 0.3) is 0 Å². The molecule has 1 aromatic heterocycles. The minimum absolute atomic E-state index is 0.00781. The van der Waals surface area contributed by atoms with Gasteiger partial charge in [0.1, 0.15) is 5.69 Å². The molecule has 0 atom stereocenters. The van der Waals surface area contributed by atoms with Crippen LogP contribution in [-0.2, 0) is 11.3 Å². The average molecular weight is 263 g/mol. The van der Waals surface area contributed by atoms with Gasteiger partial charge < -0.3 is 15.7 Å². The molecule has 2 heterocycles. The molecule has 0 radical (unpaired) electrons. The van der Waals surface area contributed by atoms with Crippen molar-refractivity contribution >= 4 is 11.9 Å². The van der Waals surface area contributed by atoms with Gasteiger partial charge in [0.15, 0.2) is 0 Å². The molecule has 0 aromatic carbocycles. The van der Waals surface area contributed by atoms with Crippen LogP contribution in [0.4, 0.5) is 0 Å². The van der Waals surface area contributed by atoms with E-state index >= 15 is 0 Å². The number of aromatic carboxylic acids is 1. The first-order valence-electron chi connectivity index (χ1n) is 6.33. The summed E-state index contributed by atoms with van der Waals surface area (Å²) in [5, 5.41) is 14.8. The monoisotopic (exact) mass is 263 g/mol. The number of amides is 1. The lowest BCUT2D eigenvalue weighted by molar-refractivity contribution is -0.125. The fourth-order valence-corrected chi connectivity index (χ4v) is 2.07. The number of pyridine rings is 1. The van der Waals surface area contributed by atoms with Crippen molar-refractivity contribution in [3.8, 4) is 0 Å². The molecule has 0 bridgehead atoms. The molecule has 1 saturated heterocycles. The second-order valence-corrected chi connectivity index (χ2v) is 4.60. The average Bonchev–Trinajstić information content (AvgIpc) is 2.46. The third kappa shape index (κ3) is 3.75. The highest BCUT2D eigenvalue weighted by Crippen LogP contribution is 2.11. The van der Waals surface area contributed by atoms with Gasteiger partial charge in [-0.05, 0) is 37.6 Å². The van der Waals surface area contributed by atoms with Gasteiger partial charge in [0.05, 0.1) is 0 Å². The lowest BCUT2D eigenvalue weighted by Crippen LogP contribution is -2.37. The summed E-state index contributed by atoms with van der Waals surface area (Å²) in [5.41, 5.74) is 0.806. The quantitative estimate of drug-likeness (QED) is 0.731. The first-order chi connectivity index (χ1) is 9.16. The van der Waals surface area contributed by atoms with E-state index < -0.39 is 5.97 Å². The Morgan fingerprint density at radius 1 is 1.37 bits per heavy atom. The molecule has 6 nitrogen and oxygen atoms in total. The second kappa shape index (κ2) is 6.29. The van der Waals surface area contributed by atoms with E-state index in [1.54, 1.807) is 6.07 Å². The molecule has 2 rings (SSSR count). The molecule has 6 heteroatoms. The Labute approximate surface area is 111 Å². The molecule has 1 aromatic rings. The third-order valence-electron chi connectivity index (χ3n) is 3.22. The smallest absolute Gasteiger partial charge is 0.354 e. The van der Waals surface area contributed by atoms with Gasteiger partial charge in [-0.3, -0.25) is 4.79 Å². The molecule has 3 N–H and O–H groups in total. The molecule has 1 fully saturated rings. The van der Waals surface area contributed by atoms with Crippen molar-refractivity contribution in [3.05, 3.63) is 29.6 Å². The van der Waals surface area contributed by atoms with E-state index in [1.165, 1.54) is 12.3 Å². The Morgan fingerprint density at radius 3 is 2.68 bits per heavy atom. The van der Waals surface area contributed by atoms with Gasteiger partial charge in [0, 0.05) is 18.7 Å². The molecule has 1 aliphatic rings. The first-order valence-corrected chi connectivity index (χ1v) is 6.33. The van der Waals surface area contributed by atoms with Crippen molar-refractivity contribution in [1.82, 2.24) is 15.6 Å². The van der Waals surface area contributed by atoms with E-state index in [9.17, 15) is 9.59 Å². The van der Waals surface area contributed by atoms with E-state index in [1.807, 2.05) is 0 Å². The lowest BCUT2D eigenvalue weighted by atomic mass is 9.97. The molecule has 0 aliphatic carbocycles. The summed E-state index contributed by atoms with van der Waals surface area (Å²) in [6.07, 6.45) is 3.20. The number of hydrogen-bond acceptors (Lipinski definition) is 4. The summed E-state index contributed by atoms with van der Waals surface area (Å²) >= 11 is 0. The molecular formula is C13H17N3O3. The van der Waals surface area contributed by atoms with Gasteiger partial charge in [0.2, 0.25) is 5.91 Å². The maximum absolute atomic E-state index is 11.9. The fraction of sp³-hybridized carbons (Fsp3) is 0.462. The summed E-state index contributed by atoms with van der Waals surface area (Å²) in [4.78, 5) is 26.3. The zero-order valence-corrected chi connectivity index (χ0v) is 10.6. The van der Waals surface area contributed by atoms with Crippen LogP contribution >= 0.6 is 0 Å². The molecule has 0 saturated carbocycles. The van der Waals surface area contributed by atoms with E-state index in [-0.39, 0.29) is 17.5 Å². The van der Waals surface area contributed by atoms with Crippen LogP contribution in [-0.4, -0.2) is 35.1 Å². The standard InChI is InChI=1S/C13H17N3O3/c17-12(10-3-5-14-6-4-10)16-8-9-1-2-11(13(18)19)15-7-9/h1-2,7,10,14H,3-6,8H2,(H,16,17)(H,18,19). The van der Waals surface area contributed by atoms with Crippen LogP contribution in [0.15, 0.2) is 18.3 Å². The summed E-state index contributed by atoms with van der Waals surface area (Å²) in [7, 11) is 0. The summed E-state index contributed by atoms with van der Waals surface area (Å²) in [5.74, 6) is -0.915. The van der Waals surface area contributed by atoms with Gasteiger partial charge in [-0.1, -0.05) is 6.07 Å². The lowest BCUT2D eigenvalue weighted by Gasteiger charge is -2.21. The SMILES string of the molecule is O=C(O)c1ccc(CNC(=O)C2CCNCC2)cn1. The Morgan fingerprint density at radius 2 is 2.11 bits per heavy atom. The zero-order chi connectivity index (χ0) is 13.7. The Balaban J connectivity index is 1.84. The first kappa shape index (κ1) is 13.5. The summed E-state index contributed by atoms with van der Waals surface area (Å²) in [6, 6.07) is 3.10. The molecule has 0 spiro atoms. The number of carbonyl (C=O) groups is 2. The van der Waals surface area contributed by atoms with Crippen LogP contribution in [0.2, 0.25) is 0 Å². The molecule has 1 amide bonds. The minimum Gasteiger partial charge on any atom is -0.477 e. The van der Waals surface area contributed by atoms with E-state index in [0.29, 0.717) is 6.54 Å². The highest BCUT2D eigenvalue weighted by atomic mass is 16.4. The number of carboxylic acid groups (broad SMARTS) is 1. The van der Waals surface area contributed by atoms with E-state index in [2.05, 4.69) is 15.6 Å². The molecule has 102 valence electrons. The number of piperidine rings is 1. The van der Waals surface area contributed by atoms with Gasteiger partial charge >= 0.3 is 5.97 Å². The highest BCUT2D eigenvalue weighted by molar-refractivity contribution is 5.85. The van der Waals surface area contributed by atoms with Crippen molar-refractivity contribution in [3.63, 3.8) is 0 Å². The predicted molar refractivity (Wildman–Crippen MR) is 68.6 cm³/mol. The number of rotatable bonds is 4. The Hall–Kier alpha value is -1.95. The van der Waals surface area contributed by atoms with Crippen molar-refractivity contribution in [2.24, 2.45) is 5.92 Å². The second-order valence-electron chi connectivity index (χ2n) is 4.60. The maximum Gasteiger partial charge on any atom is 0.354 e. The Bertz CT molecular complexity index is 453. The third-order valence-corrected chi connectivity index (χ3v) is 3.22. The number of carbonyl (C=O) groups excluding carboxylic acids is 1. The van der Waals surface area contributed by atoms with E-state index in [4.69, 9.17) is 5.11 Å². The molecule has 1 aliphatic heterocycles. The van der Waals surface area contributed by atoms with Crippen LogP contribution in [0, 0.1) is 5.92 Å². The number of hydrogen-bond donors (Lipinski definition) is 3.